The van der Waals surface area contributed by atoms with Crippen LogP contribution in [0.5, 0.6) is 0 Å². The van der Waals surface area contributed by atoms with Gasteiger partial charge >= 0.3 is 12.1 Å². The highest BCUT2D eigenvalue weighted by Gasteiger charge is 2.53. The summed E-state index contributed by atoms with van der Waals surface area (Å²) in [7, 11) is 0. The van der Waals surface area contributed by atoms with Crippen LogP contribution in [0.3, 0.4) is 0 Å². The molecule has 0 aliphatic heterocycles. The van der Waals surface area contributed by atoms with E-state index in [1.165, 1.54) is 0 Å². The molecule has 0 heterocycles. The van der Waals surface area contributed by atoms with E-state index in [0.29, 0.717) is 6.61 Å². The third-order valence-electron chi connectivity index (χ3n) is 4.78. The number of carbonyl (C=O) groups excluding carboxylic acids is 2. The quantitative estimate of drug-likeness (QED) is 0.616. The number of carbonyl (C=O) groups is 2. The van der Waals surface area contributed by atoms with Crippen molar-refractivity contribution in [2.45, 2.75) is 77.4 Å². The molecule has 3 fully saturated rings. The average Bonchev–Trinajstić information content (AvgIpc) is 2.46. The second-order valence-electron chi connectivity index (χ2n) is 7.53. The Hall–Kier alpha value is -1.30. The lowest BCUT2D eigenvalue weighted by atomic mass is 9.57. The van der Waals surface area contributed by atoms with Crippen LogP contribution >= 0.6 is 0 Å². The highest BCUT2D eigenvalue weighted by atomic mass is 16.6. The first-order valence-corrected chi connectivity index (χ1v) is 8.14. The fourth-order valence-electron chi connectivity index (χ4n) is 3.45. The molecule has 3 saturated carbocycles. The molecule has 1 amide bonds. The Labute approximate surface area is 132 Å². The minimum atomic E-state index is -0.512. The van der Waals surface area contributed by atoms with E-state index in [9.17, 15) is 9.59 Å². The van der Waals surface area contributed by atoms with Crippen molar-refractivity contribution in [3.05, 3.63) is 0 Å². The predicted molar refractivity (Wildman–Crippen MR) is 82.0 cm³/mol. The molecule has 2 N–H and O–H groups in total. The van der Waals surface area contributed by atoms with Crippen LogP contribution in [-0.4, -0.2) is 29.8 Å². The number of hydrazine groups is 1. The number of amides is 1. The van der Waals surface area contributed by atoms with E-state index in [0.717, 1.165) is 38.5 Å². The van der Waals surface area contributed by atoms with E-state index < -0.39 is 11.7 Å². The van der Waals surface area contributed by atoms with E-state index in [1.807, 2.05) is 27.7 Å². The number of nitrogens with one attached hydrogen (secondary N) is 2. The molecule has 0 unspecified atom stereocenters. The van der Waals surface area contributed by atoms with Gasteiger partial charge in [-0.1, -0.05) is 0 Å². The molecular weight excluding hydrogens is 284 g/mol. The van der Waals surface area contributed by atoms with E-state index >= 15 is 0 Å². The summed E-state index contributed by atoms with van der Waals surface area (Å²) in [5.41, 5.74) is 4.89. The molecule has 0 aromatic heterocycles. The summed E-state index contributed by atoms with van der Waals surface area (Å²) in [5, 5.41) is 0. The highest BCUT2D eigenvalue weighted by Crippen LogP contribution is 2.52. The van der Waals surface area contributed by atoms with Crippen LogP contribution < -0.4 is 10.9 Å². The zero-order chi connectivity index (χ0) is 16.4. The number of rotatable bonds is 4. The van der Waals surface area contributed by atoms with Crippen molar-refractivity contribution in [1.82, 2.24) is 10.9 Å². The molecule has 0 radical (unpaired) electrons. The maximum absolute atomic E-state index is 12.2. The van der Waals surface area contributed by atoms with Gasteiger partial charge in [-0.25, -0.2) is 10.2 Å². The number of hydrogen-bond donors (Lipinski definition) is 2. The molecule has 22 heavy (non-hydrogen) atoms. The minimum Gasteiger partial charge on any atom is -0.466 e. The lowest BCUT2D eigenvalue weighted by Crippen LogP contribution is -2.61. The monoisotopic (exact) mass is 312 g/mol. The first-order chi connectivity index (χ1) is 10.2. The second-order valence-corrected chi connectivity index (χ2v) is 7.53. The number of fused-ring (bicyclic) bond motifs is 3. The van der Waals surface area contributed by atoms with E-state index in [-0.39, 0.29) is 16.9 Å². The summed E-state index contributed by atoms with van der Waals surface area (Å²) in [6.07, 6.45) is 4.57. The van der Waals surface area contributed by atoms with Gasteiger partial charge in [0.15, 0.2) is 0 Å². The Kier molecular flexibility index (Phi) is 4.70. The second kappa shape index (κ2) is 6.07. The average molecular weight is 312 g/mol. The van der Waals surface area contributed by atoms with Crippen molar-refractivity contribution in [2.75, 3.05) is 6.61 Å². The van der Waals surface area contributed by atoms with E-state index in [1.54, 1.807) is 0 Å². The number of hydrogen-bond acceptors (Lipinski definition) is 5. The van der Waals surface area contributed by atoms with Gasteiger partial charge in [0, 0.05) is 5.54 Å². The summed E-state index contributed by atoms with van der Waals surface area (Å²) in [4.78, 5) is 23.9. The lowest BCUT2D eigenvalue weighted by molar-refractivity contribution is -0.163. The molecule has 0 aromatic carbocycles. The van der Waals surface area contributed by atoms with Crippen LogP contribution in [0.2, 0.25) is 0 Å². The van der Waals surface area contributed by atoms with Gasteiger partial charge in [-0.15, -0.1) is 0 Å². The Morgan fingerprint density at radius 1 is 1.05 bits per heavy atom. The van der Waals surface area contributed by atoms with Crippen LogP contribution in [0.4, 0.5) is 4.79 Å². The molecule has 3 aliphatic carbocycles. The molecule has 0 aromatic rings. The fraction of sp³-hybridized carbons (Fsp3) is 0.875. The van der Waals surface area contributed by atoms with Crippen molar-refractivity contribution in [3.8, 4) is 0 Å². The van der Waals surface area contributed by atoms with E-state index in [4.69, 9.17) is 9.47 Å². The first-order valence-electron chi connectivity index (χ1n) is 8.14. The van der Waals surface area contributed by atoms with Gasteiger partial charge in [-0.05, 0) is 66.2 Å². The summed E-state index contributed by atoms with van der Waals surface area (Å²) in [6, 6.07) is 0. The van der Waals surface area contributed by atoms with Gasteiger partial charge in [0.05, 0.1) is 12.0 Å². The topological polar surface area (TPSA) is 76.7 Å². The zero-order valence-electron chi connectivity index (χ0n) is 14.1. The highest BCUT2D eigenvalue weighted by molar-refractivity contribution is 5.77. The normalized spacial score (nSPS) is 30.7. The maximum atomic E-state index is 12.2. The Balaban J connectivity index is 1.87. The molecule has 0 saturated heterocycles. The molecule has 0 spiro atoms. The Morgan fingerprint density at radius 2 is 1.59 bits per heavy atom. The first kappa shape index (κ1) is 17.1. The summed E-state index contributed by atoms with van der Waals surface area (Å²) >= 11 is 0. The SMILES string of the molecule is CCOC(=O)C12CCC(NNC(=O)OC(C)(C)C)(CC1)CC2. The van der Waals surface area contributed by atoms with Crippen molar-refractivity contribution in [3.63, 3.8) is 0 Å². The molecule has 3 aliphatic rings. The molecule has 6 heteroatoms. The van der Waals surface area contributed by atoms with Gasteiger partial charge in [0.1, 0.15) is 5.60 Å². The zero-order valence-corrected chi connectivity index (χ0v) is 14.1. The van der Waals surface area contributed by atoms with Crippen molar-refractivity contribution in [1.29, 1.82) is 0 Å². The molecule has 2 bridgehead atoms. The molecule has 0 atom stereocenters. The molecule has 126 valence electrons. The third kappa shape index (κ3) is 3.72. The van der Waals surface area contributed by atoms with Gasteiger partial charge < -0.3 is 9.47 Å². The van der Waals surface area contributed by atoms with Crippen molar-refractivity contribution in [2.24, 2.45) is 5.41 Å². The van der Waals surface area contributed by atoms with Crippen LogP contribution in [0.1, 0.15) is 66.2 Å². The predicted octanol–water partition coefficient (Wildman–Crippen LogP) is 2.67. The smallest absolute Gasteiger partial charge is 0.422 e. The standard InChI is InChI=1S/C16H28N2O4/c1-5-21-12(19)15-6-9-16(10-7-15,11-8-15)18-17-13(20)22-14(2,3)4/h18H,5-11H2,1-4H3,(H,17,20). The molecule has 6 nitrogen and oxygen atoms in total. The maximum Gasteiger partial charge on any atom is 0.422 e. The molecule has 3 rings (SSSR count). The lowest BCUT2D eigenvalue weighted by Gasteiger charge is -2.51. The summed E-state index contributed by atoms with van der Waals surface area (Å²) in [5.74, 6) is -0.0524. The van der Waals surface area contributed by atoms with Crippen LogP contribution in [0.15, 0.2) is 0 Å². The van der Waals surface area contributed by atoms with Gasteiger partial charge in [-0.3, -0.25) is 10.2 Å². The van der Waals surface area contributed by atoms with E-state index in [2.05, 4.69) is 10.9 Å². The molecular formula is C16H28N2O4. The fourth-order valence-corrected chi connectivity index (χ4v) is 3.45. The van der Waals surface area contributed by atoms with Gasteiger partial charge in [-0.2, -0.15) is 0 Å². The number of ether oxygens (including phenoxy) is 2. The van der Waals surface area contributed by atoms with Crippen molar-refractivity contribution < 1.29 is 19.1 Å². The van der Waals surface area contributed by atoms with Crippen LogP contribution in [0, 0.1) is 5.41 Å². The number of esters is 1. The minimum absolute atomic E-state index is 0.0524. The Bertz CT molecular complexity index is 417. The van der Waals surface area contributed by atoms with Crippen molar-refractivity contribution >= 4 is 12.1 Å². The van der Waals surface area contributed by atoms with Crippen LogP contribution in [-0.2, 0) is 14.3 Å². The van der Waals surface area contributed by atoms with Gasteiger partial charge in [0.25, 0.3) is 0 Å². The summed E-state index contributed by atoms with van der Waals surface area (Å²) < 4.78 is 10.5. The third-order valence-corrected chi connectivity index (χ3v) is 4.78. The Morgan fingerprint density at radius 3 is 2.05 bits per heavy atom. The summed E-state index contributed by atoms with van der Waals surface area (Å²) in [6.45, 7) is 7.78. The largest absolute Gasteiger partial charge is 0.466 e. The van der Waals surface area contributed by atoms with Crippen LogP contribution in [0.25, 0.3) is 0 Å². The van der Waals surface area contributed by atoms with Gasteiger partial charge in [0.2, 0.25) is 0 Å².